The number of hydrogen-bond donors (Lipinski definition) is 2. The highest BCUT2D eigenvalue weighted by Crippen LogP contribution is 2.15. The van der Waals surface area contributed by atoms with Crippen molar-refractivity contribution in [1.29, 1.82) is 0 Å². The summed E-state index contributed by atoms with van der Waals surface area (Å²) in [6, 6.07) is 8.64. The molecule has 0 radical (unpaired) electrons. The third-order valence-electron chi connectivity index (χ3n) is 4.47. The maximum Gasteiger partial charge on any atom is 0.220 e. The number of nitrogens with one attached hydrogen (secondary N) is 2. The summed E-state index contributed by atoms with van der Waals surface area (Å²) < 4.78 is 0. The Bertz CT molecular complexity index is 470. The predicted octanol–water partition coefficient (Wildman–Crippen LogP) is 2.58. The van der Waals surface area contributed by atoms with E-state index >= 15 is 0 Å². The monoisotopic (exact) mass is 353 g/mol. The number of carbonyl (C=O) groups excluding carboxylic acids is 1. The Balaban J connectivity index is 0.00000288. The molecule has 0 saturated carbocycles. The highest BCUT2D eigenvalue weighted by Gasteiger charge is 2.09. The third-order valence-corrected chi connectivity index (χ3v) is 4.47. The summed E-state index contributed by atoms with van der Waals surface area (Å²) in [4.78, 5) is 14.4. The van der Waals surface area contributed by atoms with E-state index in [9.17, 15) is 4.79 Å². The first-order valence-electron chi connectivity index (χ1n) is 8.94. The van der Waals surface area contributed by atoms with Gasteiger partial charge in [0.25, 0.3) is 0 Å². The van der Waals surface area contributed by atoms with Crippen LogP contribution >= 0.6 is 12.4 Å². The molecule has 0 aromatic heterocycles. The van der Waals surface area contributed by atoms with Crippen LogP contribution in [-0.4, -0.2) is 50.1 Å². The summed E-state index contributed by atoms with van der Waals surface area (Å²) in [5, 5.41) is 6.39. The fourth-order valence-electron chi connectivity index (χ4n) is 2.88. The molecule has 2 N–H and O–H groups in total. The molecule has 136 valence electrons. The third kappa shape index (κ3) is 7.65. The van der Waals surface area contributed by atoms with Crippen LogP contribution < -0.4 is 10.6 Å². The van der Waals surface area contributed by atoms with Crippen LogP contribution in [0.15, 0.2) is 24.3 Å². The van der Waals surface area contributed by atoms with E-state index < -0.39 is 0 Å². The fraction of sp³-hybridized carbons (Fsp3) is 0.632. The molecule has 5 heteroatoms. The quantitative estimate of drug-likeness (QED) is 0.706. The number of nitrogens with zero attached hydrogens (tertiary/aromatic N) is 1. The molecule has 0 spiro atoms. The number of hydrogen-bond acceptors (Lipinski definition) is 3. The van der Waals surface area contributed by atoms with E-state index in [1.807, 2.05) is 0 Å². The molecule has 1 saturated heterocycles. The first-order valence-corrected chi connectivity index (χ1v) is 8.94. The summed E-state index contributed by atoms with van der Waals surface area (Å²) in [7, 11) is 0. The maximum absolute atomic E-state index is 11.9. The Hall–Kier alpha value is -1.10. The van der Waals surface area contributed by atoms with Crippen molar-refractivity contribution in [2.45, 2.75) is 39.0 Å². The summed E-state index contributed by atoms with van der Waals surface area (Å²) in [5.74, 6) is 0.723. The Morgan fingerprint density at radius 3 is 2.50 bits per heavy atom. The van der Waals surface area contributed by atoms with Crippen LogP contribution in [0.3, 0.4) is 0 Å². The molecule has 1 heterocycles. The van der Waals surface area contributed by atoms with Gasteiger partial charge in [-0.25, -0.2) is 0 Å². The minimum atomic E-state index is 0. The van der Waals surface area contributed by atoms with E-state index in [2.05, 4.69) is 53.6 Å². The molecule has 24 heavy (non-hydrogen) atoms. The molecule has 2 rings (SSSR count). The van der Waals surface area contributed by atoms with Gasteiger partial charge in [-0.1, -0.05) is 38.1 Å². The molecule has 0 atom stereocenters. The van der Waals surface area contributed by atoms with E-state index in [4.69, 9.17) is 0 Å². The van der Waals surface area contributed by atoms with Crippen LogP contribution in [0.25, 0.3) is 0 Å². The lowest BCUT2D eigenvalue weighted by Gasteiger charge is -2.27. The van der Waals surface area contributed by atoms with Gasteiger partial charge in [0, 0.05) is 39.1 Å². The van der Waals surface area contributed by atoms with Gasteiger partial charge in [-0.05, 0) is 36.4 Å². The van der Waals surface area contributed by atoms with Crippen molar-refractivity contribution in [2.75, 3.05) is 39.3 Å². The van der Waals surface area contributed by atoms with Gasteiger partial charge in [0.2, 0.25) is 5.91 Å². The lowest BCUT2D eigenvalue weighted by atomic mass is 10.0. The predicted molar refractivity (Wildman–Crippen MR) is 103 cm³/mol. The molecule has 1 aromatic rings. The fourth-order valence-corrected chi connectivity index (χ4v) is 2.88. The second-order valence-electron chi connectivity index (χ2n) is 6.69. The van der Waals surface area contributed by atoms with Gasteiger partial charge in [-0.2, -0.15) is 0 Å². The van der Waals surface area contributed by atoms with Gasteiger partial charge < -0.3 is 15.5 Å². The maximum atomic E-state index is 11.9. The van der Waals surface area contributed by atoms with Crippen LogP contribution in [0.2, 0.25) is 0 Å². The first-order chi connectivity index (χ1) is 11.1. The van der Waals surface area contributed by atoms with Gasteiger partial charge in [-0.15, -0.1) is 12.4 Å². The normalized spacial score (nSPS) is 15.1. The molecule has 0 unspecified atom stereocenters. The zero-order valence-corrected chi connectivity index (χ0v) is 15.8. The highest BCUT2D eigenvalue weighted by molar-refractivity contribution is 5.85. The van der Waals surface area contributed by atoms with E-state index in [0.29, 0.717) is 12.3 Å². The van der Waals surface area contributed by atoms with E-state index in [-0.39, 0.29) is 18.3 Å². The lowest BCUT2D eigenvalue weighted by Crippen LogP contribution is -2.44. The zero-order chi connectivity index (χ0) is 16.5. The van der Waals surface area contributed by atoms with Crippen molar-refractivity contribution in [3.8, 4) is 0 Å². The van der Waals surface area contributed by atoms with Crippen LogP contribution in [0.1, 0.15) is 43.7 Å². The Labute approximate surface area is 152 Å². The Morgan fingerprint density at radius 2 is 1.88 bits per heavy atom. The Morgan fingerprint density at radius 1 is 1.21 bits per heavy atom. The van der Waals surface area contributed by atoms with E-state index in [1.165, 1.54) is 11.1 Å². The average molecular weight is 354 g/mol. The lowest BCUT2D eigenvalue weighted by molar-refractivity contribution is -0.121. The van der Waals surface area contributed by atoms with Crippen LogP contribution in [0.4, 0.5) is 0 Å². The number of rotatable bonds is 8. The molecule has 1 aliphatic heterocycles. The van der Waals surface area contributed by atoms with Gasteiger partial charge >= 0.3 is 0 Å². The number of amides is 1. The largest absolute Gasteiger partial charge is 0.356 e. The molecular weight excluding hydrogens is 322 g/mol. The minimum Gasteiger partial charge on any atom is -0.356 e. The zero-order valence-electron chi connectivity index (χ0n) is 15.0. The second kappa shape index (κ2) is 11.5. The topological polar surface area (TPSA) is 44.4 Å². The molecule has 1 fully saturated rings. The molecule has 4 nitrogen and oxygen atoms in total. The summed E-state index contributed by atoms with van der Waals surface area (Å²) in [6.45, 7) is 10.7. The molecule has 0 aliphatic carbocycles. The molecule has 1 amide bonds. The molecule has 0 bridgehead atoms. The van der Waals surface area contributed by atoms with Crippen molar-refractivity contribution in [2.24, 2.45) is 0 Å². The van der Waals surface area contributed by atoms with Crippen LogP contribution in [0, 0.1) is 0 Å². The SMILES string of the molecule is CC(C)c1ccc(CCC(=O)NCCCN2CCNCC2)cc1.Cl. The molecule has 1 aliphatic rings. The number of halogens is 1. The number of carbonyl (C=O) groups is 1. The van der Waals surface area contributed by atoms with Gasteiger partial charge in [0.05, 0.1) is 0 Å². The van der Waals surface area contributed by atoms with Gasteiger partial charge in [0.15, 0.2) is 0 Å². The number of piperazine rings is 1. The Kier molecular flexibility index (Phi) is 9.99. The average Bonchev–Trinajstić information content (AvgIpc) is 2.58. The van der Waals surface area contributed by atoms with Gasteiger partial charge in [0.1, 0.15) is 0 Å². The second-order valence-corrected chi connectivity index (χ2v) is 6.69. The highest BCUT2D eigenvalue weighted by atomic mass is 35.5. The number of aryl methyl sites for hydroxylation is 1. The standard InChI is InChI=1S/C19H31N3O.ClH/c1-16(2)18-7-4-17(5-8-18)6-9-19(23)21-10-3-13-22-14-11-20-12-15-22;/h4-5,7-8,16,20H,3,6,9-15H2,1-2H3,(H,21,23);1H. The number of benzene rings is 1. The first kappa shape index (κ1) is 20.9. The van der Waals surface area contributed by atoms with Crippen molar-refractivity contribution < 1.29 is 4.79 Å². The van der Waals surface area contributed by atoms with Crippen LogP contribution in [0.5, 0.6) is 0 Å². The van der Waals surface area contributed by atoms with E-state index in [1.54, 1.807) is 0 Å². The summed E-state index contributed by atoms with van der Waals surface area (Å²) in [5.41, 5.74) is 2.59. The van der Waals surface area contributed by atoms with Gasteiger partial charge in [-0.3, -0.25) is 4.79 Å². The molecular formula is C19H32ClN3O. The van der Waals surface area contributed by atoms with Crippen molar-refractivity contribution in [3.63, 3.8) is 0 Å². The van der Waals surface area contributed by atoms with E-state index in [0.717, 1.165) is 52.1 Å². The van der Waals surface area contributed by atoms with Crippen molar-refractivity contribution in [1.82, 2.24) is 15.5 Å². The summed E-state index contributed by atoms with van der Waals surface area (Å²) in [6.07, 6.45) is 2.44. The summed E-state index contributed by atoms with van der Waals surface area (Å²) >= 11 is 0. The van der Waals surface area contributed by atoms with Crippen LogP contribution in [-0.2, 0) is 11.2 Å². The van der Waals surface area contributed by atoms with Crippen molar-refractivity contribution >= 4 is 18.3 Å². The van der Waals surface area contributed by atoms with Crippen molar-refractivity contribution in [3.05, 3.63) is 35.4 Å². The molecule has 1 aromatic carbocycles. The smallest absolute Gasteiger partial charge is 0.220 e. The minimum absolute atomic E-state index is 0.